The third kappa shape index (κ3) is 3.96. The molecule has 30 heavy (non-hydrogen) atoms. The highest BCUT2D eigenvalue weighted by Gasteiger charge is 2.23. The average molecular weight is 439 g/mol. The van der Waals surface area contributed by atoms with Crippen LogP contribution in [0.1, 0.15) is 29.7 Å². The Bertz CT molecular complexity index is 1340. The summed E-state index contributed by atoms with van der Waals surface area (Å²) in [6, 6.07) is 21.6. The molecule has 0 spiro atoms. The monoisotopic (exact) mass is 438 g/mol. The summed E-state index contributed by atoms with van der Waals surface area (Å²) in [6.07, 6.45) is 0. The molecule has 0 amide bonds. The summed E-state index contributed by atoms with van der Waals surface area (Å²) < 4.78 is 31.7. The van der Waals surface area contributed by atoms with Crippen LogP contribution in [0.3, 0.4) is 0 Å². The van der Waals surface area contributed by atoms with Gasteiger partial charge in [0, 0.05) is 6.54 Å². The number of fused-ring (bicyclic) bond motifs is 1. The van der Waals surface area contributed by atoms with Crippen LogP contribution < -0.4 is 9.60 Å². The van der Waals surface area contributed by atoms with E-state index in [1.165, 1.54) is 0 Å². The van der Waals surface area contributed by atoms with Crippen LogP contribution in [-0.4, -0.2) is 13.0 Å². The molecule has 0 saturated carbocycles. The zero-order valence-electron chi connectivity index (χ0n) is 16.7. The van der Waals surface area contributed by atoms with Crippen molar-refractivity contribution in [2.24, 2.45) is 0 Å². The highest BCUT2D eigenvalue weighted by molar-refractivity contribution is 7.89. The van der Waals surface area contributed by atoms with E-state index in [-0.39, 0.29) is 9.77 Å². The number of sulfonamides is 1. The number of nitrogens with zero attached hydrogens (tertiary/aromatic N) is 1. The molecule has 1 aromatic heterocycles. The van der Waals surface area contributed by atoms with Gasteiger partial charge in [0.1, 0.15) is 0 Å². The lowest BCUT2D eigenvalue weighted by molar-refractivity contribution is 0.572. The summed E-state index contributed by atoms with van der Waals surface area (Å²) in [5.41, 5.74) is 3.57. The van der Waals surface area contributed by atoms with E-state index in [0.717, 1.165) is 33.5 Å². The number of rotatable bonds is 6. The number of aryl methyl sites for hydroxylation is 2. The van der Waals surface area contributed by atoms with E-state index in [2.05, 4.69) is 4.72 Å². The Morgan fingerprint density at radius 2 is 1.63 bits per heavy atom. The molecule has 4 rings (SSSR count). The van der Waals surface area contributed by atoms with Gasteiger partial charge in [-0.2, -0.15) is 4.72 Å². The first kappa shape index (κ1) is 20.5. The van der Waals surface area contributed by atoms with Gasteiger partial charge in [0.15, 0.2) is 0 Å². The van der Waals surface area contributed by atoms with Crippen molar-refractivity contribution in [3.05, 3.63) is 99.2 Å². The van der Waals surface area contributed by atoms with E-state index >= 15 is 0 Å². The quantitative estimate of drug-likeness (QED) is 0.483. The first-order chi connectivity index (χ1) is 14.4. The van der Waals surface area contributed by atoms with Crippen molar-refractivity contribution in [1.29, 1.82) is 0 Å². The fourth-order valence-corrected chi connectivity index (χ4v) is 5.78. The maximum Gasteiger partial charge on any atom is 0.308 e. The third-order valence-electron chi connectivity index (χ3n) is 5.08. The van der Waals surface area contributed by atoms with Crippen LogP contribution in [0, 0.1) is 6.92 Å². The van der Waals surface area contributed by atoms with Crippen LogP contribution in [0.25, 0.3) is 10.2 Å². The lowest BCUT2D eigenvalue weighted by Crippen LogP contribution is -2.29. The van der Waals surface area contributed by atoms with Gasteiger partial charge in [0.25, 0.3) is 0 Å². The molecule has 0 fully saturated rings. The molecule has 0 saturated heterocycles. The van der Waals surface area contributed by atoms with Gasteiger partial charge in [0.05, 0.1) is 21.2 Å². The molecule has 1 heterocycles. The van der Waals surface area contributed by atoms with Crippen LogP contribution in [0.15, 0.2) is 82.5 Å². The molecule has 3 aromatic carbocycles. The molecule has 1 N–H and O–H groups in total. The largest absolute Gasteiger partial charge is 0.308 e. The molecule has 154 valence electrons. The van der Waals surface area contributed by atoms with Crippen molar-refractivity contribution in [2.75, 3.05) is 0 Å². The normalized spacial score (nSPS) is 12.9. The highest BCUT2D eigenvalue weighted by Crippen LogP contribution is 2.27. The molecule has 1 atom stereocenters. The standard InChI is InChI=1S/C23H22N2O3S2/c1-3-25-20-14-13-19(15-21(20)29-23(25)26)30(27,28)24-22(17-7-5-4-6-8-17)18-11-9-16(2)10-12-18/h4-15,22,24H,3H2,1-2H3. The molecule has 4 aromatic rings. The Morgan fingerprint density at radius 1 is 0.967 bits per heavy atom. The predicted molar refractivity (Wildman–Crippen MR) is 122 cm³/mol. The summed E-state index contributed by atoms with van der Waals surface area (Å²) >= 11 is 1.06. The van der Waals surface area contributed by atoms with Crippen molar-refractivity contribution >= 4 is 31.6 Å². The fraction of sp³-hybridized carbons (Fsp3) is 0.174. The highest BCUT2D eigenvalue weighted by atomic mass is 32.2. The predicted octanol–water partition coefficient (Wildman–Crippen LogP) is 4.46. The average Bonchev–Trinajstić information content (AvgIpc) is 3.07. The van der Waals surface area contributed by atoms with Gasteiger partial charge < -0.3 is 0 Å². The number of benzene rings is 3. The second kappa shape index (κ2) is 8.18. The summed E-state index contributed by atoms with van der Waals surface area (Å²) in [5, 5.41) is 0. The lowest BCUT2D eigenvalue weighted by atomic mass is 9.99. The molecule has 0 aliphatic rings. The number of hydrogen-bond donors (Lipinski definition) is 1. The van der Waals surface area contributed by atoms with Gasteiger partial charge in [-0.05, 0) is 43.2 Å². The molecular weight excluding hydrogens is 416 g/mol. The minimum atomic E-state index is -3.82. The SMILES string of the molecule is CCn1c(=O)sc2cc(S(=O)(=O)NC(c3ccccc3)c3ccc(C)cc3)ccc21. The second-order valence-corrected chi connectivity index (χ2v) is 9.82. The number of thiazole rings is 1. The first-order valence-electron chi connectivity index (χ1n) is 9.66. The van der Waals surface area contributed by atoms with Crippen molar-refractivity contribution in [2.45, 2.75) is 31.3 Å². The van der Waals surface area contributed by atoms with E-state index < -0.39 is 16.1 Å². The van der Waals surface area contributed by atoms with E-state index in [1.54, 1.807) is 22.8 Å². The summed E-state index contributed by atoms with van der Waals surface area (Å²) in [4.78, 5) is 12.2. The zero-order valence-corrected chi connectivity index (χ0v) is 18.3. The summed E-state index contributed by atoms with van der Waals surface area (Å²) in [6.45, 7) is 4.44. The zero-order chi connectivity index (χ0) is 21.3. The molecule has 1 unspecified atom stereocenters. The molecule has 0 aliphatic carbocycles. The fourth-order valence-electron chi connectivity index (χ4n) is 3.47. The maximum absolute atomic E-state index is 13.3. The minimum Gasteiger partial charge on any atom is -0.299 e. The molecule has 0 bridgehead atoms. The topological polar surface area (TPSA) is 68.2 Å². The van der Waals surface area contributed by atoms with Crippen LogP contribution in [0.2, 0.25) is 0 Å². The molecule has 0 aliphatic heterocycles. The number of hydrogen-bond acceptors (Lipinski definition) is 4. The van der Waals surface area contributed by atoms with E-state index in [9.17, 15) is 13.2 Å². The van der Waals surface area contributed by atoms with Crippen LogP contribution in [0.5, 0.6) is 0 Å². The van der Waals surface area contributed by atoms with Gasteiger partial charge in [-0.1, -0.05) is 71.5 Å². The van der Waals surface area contributed by atoms with E-state index in [0.29, 0.717) is 11.2 Å². The lowest BCUT2D eigenvalue weighted by Gasteiger charge is -2.20. The Hall–Kier alpha value is -2.74. The van der Waals surface area contributed by atoms with Gasteiger partial charge in [-0.3, -0.25) is 9.36 Å². The van der Waals surface area contributed by atoms with Crippen molar-refractivity contribution in [3.8, 4) is 0 Å². The first-order valence-corrected chi connectivity index (χ1v) is 12.0. The molecule has 7 heteroatoms. The van der Waals surface area contributed by atoms with Crippen LogP contribution >= 0.6 is 11.3 Å². The Morgan fingerprint density at radius 3 is 2.30 bits per heavy atom. The van der Waals surface area contributed by atoms with E-state index in [1.807, 2.05) is 68.4 Å². The van der Waals surface area contributed by atoms with Gasteiger partial charge in [-0.15, -0.1) is 0 Å². The second-order valence-electron chi connectivity index (χ2n) is 7.12. The number of aromatic nitrogens is 1. The van der Waals surface area contributed by atoms with Crippen LogP contribution in [-0.2, 0) is 16.6 Å². The van der Waals surface area contributed by atoms with Crippen molar-refractivity contribution < 1.29 is 8.42 Å². The summed E-state index contributed by atoms with van der Waals surface area (Å²) in [7, 11) is -3.82. The van der Waals surface area contributed by atoms with E-state index in [4.69, 9.17) is 0 Å². The summed E-state index contributed by atoms with van der Waals surface area (Å²) in [5.74, 6) is 0. The van der Waals surface area contributed by atoms with Gasteiger partial charge >= 0.3 is 4.87 Å². The molecular formula is C23H22N2O3S2. The van der Waals surface area contributed by atoms with Gasteiger partial charge in [0.2, 0.25) is 10.0 Å². The molecule has 5 nitrogen and oxygen atoms in total. The maximum atomic E-state index is 13.3. The Kier molecular flexibility index (Phi) is 5.60. The Labute approximate surface area is 179 Å². The van der Waals surface area contributed by atoms with Gasteiger partial charge in [-0.25, -0.2) is 8.42 Å². The van der Waals surface area contributed by atoms with Crippen molar-refractivity contribution in [1.82, 2.24) is 9.29 Å². The van der Waals surface area contributed by atoms with Crippen LogP contribution in [0.4, 0.5) is 0 Å². The Balaban J connectivity index is 1.76. The smallest absolute Gasteiger partial charge is 0.299 e. The number of nitrogens with one attached hydrogen (secondary N) is 1. The third-order valence-corrected chi connectivity index (χ3v) is 7.45. The van der Waals surface area contributed by atoms with Crippen molar-refractivity contribution in [3.63, 3.8) is 0 Å². The minimum absolute atomic E-state index is 0.0863. The molecule has 0 radical (unpaired) electrons.